The van der Waals surface area contributed by atoms with Crippen molar-refractivity contribution in [2.45, 2.75) is 32.7 Å². The van der Waals surface area contributed by atoms with Crippen molar-refractivity contribution in [3.63, 3.8) is 0 Å². The Labute approximate surface area is 179 Å². The second-order valence-electron chi connectivity index (χ2n) is 8.14. The molecule has 2 aromatic carbocycles. The van der Waals surface area contributed by atoms with E-state index in [0.717, 1.165) is 28.0 Å². The smallest absolute Gasteiger partial charge is 0.319 e. The van der Waals surface area contributed by atoms with Crippen molar-refractivity contribution in [2.24, 2.45) is 0 Å². The van der Waals surface area contributed by atoms with Crippen molar-refractivity contribution in [3.8, 4) is 5.69 Å². The van der Waals surface area contributed by atoms with E-state index in [4.69, 9.17) is 16.7 Å². The van der Waals surface area contributed by atoms with E-state index in [1.54, 1.807) is 6.20 Å². The second kappa shape index (κ2) is 7.84. The standard InChI is InChI=1S/C22H23ClN6O/c1-22(2,3)20-11-18(29(28-20)17-6-4-5-15(23)9-17)13-24-21(30)26-16-8-7-14-12-25-27-19(14)10-16/h4-12H,13H2,1-3H3,(H,25,27)(H2,24,26,30). The van der Waals surface area contributed by atoms with Crippen LogP contribution in [0.1, 0.15) is 32.2 Å². The average molecular weight is 423 g/mol. The number of halogens is 1. The zero-order chi connectivity index (χ0) is 21.3. The highest BCUT2D eigenvalue weighted by Crippen LogP contribution is 2.25. The molecule has 0 aliphatic heterocycles. The van der Waals surface area contributed by atoms with Crippen LogP contribution in [0.4, 0.5) is 10.5 Å². The van der Waals surface area contributed by atoms with Crippen LogP contribution in [0.25, 0.3) is 16.6 Å². The molecule has 7 nitrogen and oxygen atoms in total. The number of carbonyl (C=O) groups excluding carboxylic acids is 1. The maximum absolute atomic E-state index is 12.5. The Morgan fingerprint density at radius 3 is 2.77 bits per heavy atom. The van der Waals surface area contributed by atoms with Crippen molar-refractivity contribution >= 4 is 34.2 Å². The molecule has 8 heteroatoms. The molecule has 0 unspecified atom stereocenters. The molecule has 0 spiro atoms. The lowest BCUT2D eigenvalue weighted by Crippen LogP contribution is -2.29. The summed E-state index contributed by atoms with van der Waals surface area (Å²) < 4.78 is 1.82. The molecular formula is C22H23ClN6O. The molecule has 0 fully saturated rings. The summed E-state index contributed by atoms with van der Waals surface area (Å²) in [4.78, 5) is 12.5. The van der Waals surface area contributed by atoms with E-state index in [2.05, 4.69) is 41.6 Å². The lowest BCUT2D eigenvalue weighted by atomic mass is 9.92. The number of amides is 2. The normalized spacial score (nSPS) is 11.6. The first kappa shape index (κ1) is 20.0. The number of urea groups is 1. The van der Waals surface area contributed by atoms with Crippen LogP contribution in [-0.4, -0.2) is 26.0 Å². The predicted octanol–water partition coefficient (Wildman–Crippen LogP) is 5.02. The predicted molar refractivity (Wildman–Crippen MR) is 119 cm³/mol. The van der Waals surface area contributed by atoms with Gasteiger partial charge < -0.3 is 10.6 Å². The monoisotopic (exact) mass is 422 g/mol. The summed E-state index contributed by atoms with van der Waals surface area (Å²) in [7, 11) is 0. The fourth-order valence-corrected chi connectivity index (χ4v) is 3.29. The van der Waals surface area contributed by atoms with Gasteiger partial charge in [0.15, 0.2) is 0 Å². The summed E-state index contributed by atoms with van der Waals surface area (Å²) in [6.07, 6.45) is 1.74. The van der Waals surface area contributed by atoms with Crippen molar-refractivity contribution in [1.82, 2.24) is 25.3 Å². The van der Waals surface area contributed by atoms with Crippen molar-refractivity contribution in [2.75, 3.05) is 5.32 Å². The minimum Gasteiger partial charge on any atom is -0.332 e. The number of nitrogens with zero attached hydrogens (tertiary/aromatic N) is 3. The molecule has 0 aliphatic rings. The third-order valence-electron chi connectivity index (χ3n) is 4.73. The Morgan fingerprint density at radius 2 is 2.00 bits per heavy atom. The molecule has 2 amide bonds. The van der Waals surface area contributed by atoms with Gasteiger partial charge in [0.1, 0.15) is 0 Å². The molecule has 0 aliphatic carbocycles. The summed E-state index contributed by atoms with van der Waals surface area (Å²) in [6.45, 7) is 6.63. The van der Waals surface area contributed by atoms with Crippen LogP contribution in [-0.2, 0) is 12.0 Å². The van der Waals surface area contributed by atoms with Gasteiger partial charge in [0.2, 0.25) is 0 Å². The number of H-pyrrole nitrogens is 1. The third kappa shape index (κ3) is 4.31. The van der Waals surface area contributed by atoms with Gasteiger partial charge in [-0.3, -0.25) is 5.10 Å². The zero-order valence-electron chi connectivity index (χ0n) is 17.0. The summed E-state index contributed by atoms with van der Waals surface area (Å²) in [5, 5.41) is 19.0. The highest BCUT2D eigenvalue weighted by molar-refractivity contribution is 6.30. The molecule has 0 saturated heterocycles. The number of rotatable bonds is 4. The van der Waals surface area contributed by atoms with E-state index >= 15 is 0 Å². The van der Waals surface area contributed by atoms with E-state index in [1.807, 2.05) is 53.2 Å². The second-order valence-corrected chi connectivity index (χ2v) is 8.58. The van der Waals surface area contributed by atoms with Gasteiger partial charge in [-0.05, 0) is 42.5 Å². The first-order valence-electron chi connectivity index (χ1n) is 9.63. The summed E-state index contributed by atoms with van der Waals surface area (Å²) in [5.74, 6) is 0. The number of carbonyl (C=O) groups is 1. The molecule has 2 aromatic heterocycles. The molecule has 0 saturated carbocycles. The number of benzene rings is 2. The molecule has 0 bridgehead atoms. The van der Waals surface area contributed by atoms with Gasteiger partial charge in [0.05, 0.1) is 35.3 Å². The fourth-order valence-electron chi connectivity index (χ4n) is 3.10. The van der Waals surface area contributed by atoms with Crippen LogP contribution in [0.15, 0.2) is 54.7 Å². The van der Waals surface area contributed by atoms with Crippen molar-refractivity contribution in [3.05, 3.63) is 71.1 Å². The number of hydrogen-bond acceptors (Lipinski definition) is 3. The van der Waals surface area contributed by atoms with Crippen molar-refractivity contribution < 1.29 is 4.79 Å². The number of hydrogen-bond donors (Lipinski definition) is 3. The van der Waals surface area contributed by atoms with E-state index in [-0.39, 0.29) is 11.4 Å². The maximum Gasteiger partial charge on any atom is 0.319 e. The van der Waals surface area contributed by atoms with Gasteiger partial charge in [-0.25, -0.2) is 9.48 Å². The van der Waals surface area contributed by atoms with Crippen LogP contribution < -0.4 is 10.6 Å². The maximum atomic E-state index is 12.5. The average Bonchev–Trinajstić information content (AvgIpc) is 3.32. The lowest BCUT2D eigenvalue weighted by molar-refractivity contribution is 0.251. The van der Waals surface area contributed by atoms with Crippen LogP contribution in [0, 0.1) is 0 Å². The number of anilines is 1. The van der Waals surface area contributed by atoms with Gasteiger partial charge in [0.25, 0.3) is 0 Å². The third-order valence-corrected chi connectivity index (χ3v) is 4.97. The quantitative estimate of drug-likeness (QED) is 0.431. The van der Waals surface area contributed by atoms with Gasteiger partial charge in [-0.1, -0.05) is 38.4 Å². The molecule has 30 heavy (non-hydrogen) atoms. The van der Waals surface area contributed by atoms with E-state index < -0.39 is 0 Å². The first-order chi connectivity index (χ1) is 14.3. The Kier molecular flexibility index (Phi) is 5.22. The molecule has 4 aromatic rings. The van der Waals surface area contributed by atoms with Gasteiger partial charge in [-0.15, -0.1) is 0 Å². The topological polar surface area (TPSA) is 87.6 Å². The highest BCUT2D eigenvalue weighted by atomic mass is 35.5. The number of aromatic nitrogens is 4. The molecule has 0 radical (unpaired) electrons. The Balaban J connectivity index is 1.52. The molecule has 2 heterocycles. The molecule has 3 N–H and O–H groups in total. The van der Waals surface area contributed by atoms with Crippen LogP contribution in [0.2, 0.25) is 5.02 Å². The Hall–Kier alpha value is -3.32. The Morgan fingerprint density at radius 1 is 1.17 bits per heavy atom. The van der Waals surface area contributed by atoms with E-state index in [1.165, 1.54) is 0 Å². The van der Waals surface area contributed by atoms with Crippen LogP contribution >= 0.6 is 11.6 Å². The van der Waals surface area contributed by atoms with Gasteiger partial charge >= 0.3 is 6.03 Å². The first-order valence-corrected chi connectivity index (χ1v) is 10.0. The van der Waals surface area contributed by atoms with Crippen molar-refractivity contribution in [1.29, 1.82) is 0 Å². The van der Waals surface area contributed by atoms with E-state index in [0.29, 0.717) is 17.3 Å². The molecule has 154 valence electrons. The SMILES string of the molecule is CC(C)(C)c1cc(CNC(=O)Nc2ccc3cn[nH]c3c2)n(-c2cccc(Cl)c2)n1. The molecule has 0 atom stereocenters. The highest BCUT2D eigenvalue weighted by Gasteiger charge is 2.21. The largest absolute Gasteiger partial charge is 0.332 e. The number of nitrogens with one attached hydrogen (secondary N) is 3. The lowest BCUT2D eigenvalue weighted by Gasteiger charge is -2.14. The molecule has 4 rings (SSSR count). The molecular weight excluding hydrogens is 400 g/mol. The van der Waals surface area contributed by atoms with Crippen LogP contribution in [0.5, 0.6) is 0 Å². The van der Waals surface area contributed by atoms with E-state index in [9.17, 15) is 4.79 Å². The minimum atomic E-state index is -0.301. The number of fused-ring (bicyclic) bond motifs is 1. The Bertz CT molecular complexity index is 1200. The zero-order valence-corrected chi connectivity index (χ0v) is 17.8. The van der Waals surface area contributed by atoms with Gasteiger partial charge in [0, 0.05) is 21.5 Å². The van der Waals surface area contributed by atoms with Gasteiger partial charge in [-0.2, -0.15) is 10.2 Å². The summed E-state index contributed by atoms with van der Waals surface area (Å²) in [5.41, 5.74) is 4.07. The number of aromatic amines is 1. The minimum absolute atomic E-state index is 0.125. The fraction of sp³-hybridized carbons (Fsp3) is 0.227. The summed E-state index contributed by atoms with van der Waals surface area (Å²) in [6, 6.07) is 14.8. The van der Waals surface area contributed by atoms with Crippen LogP contribution in [0.3, 0.4) is 0 Å². The summed E-state index contributed by atoms with van der Waals surface area (Å²) >= 11 is 6.17.